The Bertz CT molecular complexity index is 519. The second-order valence-corrected chi connectivity index (χ2v) is 10.9. The quantitative estimate of drug-likeness (QED) is 0.327. The summed E-state index contributed by atoms with van der Waals surface area (Å²) in [7, 11) is 0. The third-order valence-corrected chi connectivity index (χ3v) is 7.39. The molecule has 0 radical (unpaired) electrons. The van der Waals surface area contributed by atoms with Gasteiger partial charge in [0.15, 0.2) is 0 Å². The first-order valence-corrected chi connectivity index (χ1v) is 12.3. The number of amides is 2. The predicted octanol–water partition coefficient (Wildman–Crippen LogP) is 5.60. The van der Waals surface area contributed by atoms with Crippen LogP contribution in [0.2, 0.25) is 0 Å². The molecule has 0 spiro atoms. The number of piperidine rings is 1. The highest BCUT2D eigenvalue weighted by molar-refractivity contribution is 6.06. The Balaban J connectivity index is 1.66. The van der Waals surface area contributed by atoms with Crippen molar-refractivity contribution in [2.75, 3.05) is 13.1 Å². The molecule has 2 aliphatic heterocycles. The summed E-state index contributed by atoms with van der Waals surface area (Å²) in [4.78, 5) is 24.9. The van der Waals surface area contributed by atoms with E-state index in [0.29, 0.717) is 17.8 Å². The van der Waals surface area contributed by atoms with Crippen molar-refractivity contribution in [2.45, 2.75) is 111 Å². The summed E-state index contributed by atoms with van der Waals surface area (Å²) in [6, 6.07) is 0. The van der Waals surface area contributed by atoms with Gasteiger partial charge in [0.2, 0.25) is 11.8 Å². The molecule has 4 nitrogen and oxygen atoms in total. The highest BCUT2D eigenvalue weighted by atomic mass is 16.2. The molecule has 168 valence electrons. The molecule has 2 heterocycles. The molecule has 2 N–H and O–H groups in total. The van der Waals surface area contributed by atoms with Crippen molar-refractivity contribution in [2.24, 2.45) is 22.7 Å². The summed E-state index contributed by atoms with van der Waals surface area (Å²) in [6.45, 7) is 11.1. The molecule has 0 bridgehead atoms. The summed E-state index contributed by atoms with van der Waals surface area (Å²) in [5.74, 6) is 0.580. The zero-order valence-corrected chi connectivity index (χ0v) is 19.6. The van der Waals surface area contributed by atoms with Gasteiger partial charge < -0.3 is 5.32 Å². The van der Waals surface area contributed by atoms with Gasteiger partial charge in [-0.1, -0.05) is 79.1 Å². The molecule has 2 amide bonds. The normalized spacial score (nSPS) is 24.7. The van der Waals surface area contributed by atoms with Crippen molar-refractivity contribution in [1.29, 1.82) is 0 Å². The fraction of sp³-hybridized carbons (Fsp3) is 0.920. The van der Waals surface area contributed by atoms with Crippen LogP contribution in [0.5, 0.6) is 0 Å². The van der Waals surface area contributed by atoms with E-state index in [-0.39, 0.29) is 17.7 Å². The monoisotopic (exact) mass is 406 g/mol. The van der Waals surface area contributed by atoms with Gasteiger partial charge in [0.25, 0.3) is 0 Å². The minimum absolute atomic E-state index is 0.0113. The van der Waals surface area contributed by atoms with Crippen molar-refractivity contribution in [3.63, 3.8) is 0 Å². The van der Waals surface area contributed by atoms with Crippen LogP contribution in [0.25, 0.3) is 0 Å². The first-order valence-electron chi connectivity index (χ1n) is 12.3. The lowest BCUT2D eigenvalue weighted by Gasteiger charge is -2.41. The fourth-order valence-corrected chi connectivity index (χ4v) is 5.52. The molecule has 2 fully saturated rings. The van der Waals surface area contributed by atoms with E-state index >= 15 is 0 Å². The van der Waals surface area contributed by atoms with E-state index in [1.165, 1.54) is 57.8 Å². The lowest BCUT2D eigenvalue weighted by atomic mass is 9.62. The van der Waals surface area contributed by atoms with Crippen molar-refractivity contribution in [1.82, 2.24) is 10.6 Å². The summed E-state index contributed by atoms with van der Waals surface area (Å²) in [6.07, 6.45) is 15.4. The molecule has 2 unspecified atom stereocenters. The second kappa shape index (κ2) is 11.5. The molecule has 0 aliphatic carbocycles. The van der Waals surface area contributed by atoms with Crippen LogP contribution < -0.4 is 10.6 Å². The summed E-state index contributed by atoms with van der Waals surface area (Å²) < 4.78 is 0. The van der Waals surface area contributed by atoms with Gasteiger partial charge in [0.05, 0.1) is 5.41 Å². The van der Waals surface area contributed by atoms with E-state index in [1.807, 2.05) is 0 Å². The highest BCUT2D eigenvalue weighted by Crippen LogP contribution is 2.48. The standard InChI is InChI=1S/C25H46N2O2/c1-20(13-11-9-7-5-6-8-10-12-16-24(2,3)4)25(19-22(28)27-23(25)29)21-14-17-26-18-15-21/h20-21,26H,5-19H2,1-4H3,(H,27,28,29). The third-order valence-electron chi connectivity index (χ3n) is 7.39. The Hall–Kier alpha value is -0.900. The molecule has 2 saturated heterocycles. The first-order chi connectivity index (χ1) is 13.8. The van der Waals surface area contributed by atoms with E-state index in [0.717, 1.165) is 32.4 Å². The Morgan fingerprint density at radius 1 is 0.931 bits per heavy atom. The molecule has 0 aromatic rings. The highest BCUT2D eigenvalue weighted by Gasteiger charge is 2.54. The average Bonchev–Trinajstić information content (AvgIpc) is 2.98. The Labute approximate surface area is 179 Å². The van der Waals surface area contributed by atoms with Gasteiger partial charge >= 0.3 is 0 Å². The second-order valence-electron chi connectivity index (χ2n) is 10.9. The Morgan fingerprint density at radius 3 is 2.00 bits per heavy atom. The Morgan fingerprint density at radius 2 is 1.48 bits per heavy atom. The molecule has 2 rings (SSSR count). The minimum Gasteiger partial charge on any atom is -0.317 e. The number of rotatable bonds is 12. The van der Waals surface area contributed by atoms with Gasteiger partial charge in [-0.25, -0.2) is 0 Å². The number of hydrogen-bond acceptors (Lipinski definition) is 3. The average molecular weight is 407 g/mol. The smallest absolute Gasteiger partial charge is 0.233 e. The topological polar surface area (TPSA) is 58.2 Å². The van der Waals surface area contributed by atoms with Crippen molar-refractivity contribution in [3.8, 4) is 0 Å². The van der Waals surface area contributed by atoms with E-state index in [2.05, 4.69) is 38.3 Å². The predicted molar refractivity (Wildman–Crippen MR) is 121 cm³/mol. The molecule has 4 heteroatoms. The lowest BCUT2D eigenvalue weighted by molar-refractivity contribution is -0.135. The van der Waals surface area contributed by atoms with E-state index < -0.39 is 5.41 Å². The molecule has 0 aromatic carbocycles. The van der Waals surface area contributed by atoms with Crippen LogP contribution in [0, 0.1) is 22.7 Å². The zero-order chi connectivity index (χ0) is 21.3. The molecule has 2 atom stereocenters. The van der Waals surface area contributed by atoms with Crippen LogP contribution in [0.1, 0.15) is 111 Å². The summed E-state index contributed by atoms with van der Waals surface area (Å²) >= 11 is 0. The molecular weight excluding hydrogens is 360 g/mol. The van der Waals surface area contributed by atoms with E-state index in [1.54, 1.807) is 0 Å². The summed E-state index contributed by atoms with van der Waals surface area (Å²) in [5, 5.41) is 6.03. The molecular formula is C25H46N2O2. The minimum atomic E-state index is -0.452. The number of imide groups is 1. The van der Waals surface area contributed by atoms with Gasteiger partial charge in [-0.15, -0.1) is 0 Å². The van der Waals surface area contributed by atoms with Crippen LogP contribution in [-0.2, 0) is 9.59 Å². The van der Waals surface area contributed by atoms with Crippen LogP contribution in [0.4, 0.5) is 0 Å². The van der Waals surface area contributed by atoms with Gasteiger partial charge in [-0.05, 0) is 56.0 Å². The number of hydrogen-bond donors (Lipinski definition) is 2. The van der Waals surface area contributed by atoms with E-state index in [9.17, 15) is 9.59 Å². The molecule has 2 aliphatic rings. The van der Waals surface area contributed by atoms with Crippen molar-refractivity contribution >= 4 is 11.8 Å². The van der Waals surface area contributed by atoms with Crippen LogP contribution in [0.3, 0.4) is 0 Å². The number of carbonyl (C=O) groups excluding carboxylic acids is 2. The SMILES string of the molecule is CC(CCCCCCCCCCC(C)(C)C)C1(C2CCNCC2)CC(=O)NC1=O. The van der Waals surface area contributed by atoms with Crippen LogP contribution >= 0.6 is 0 Å². The molecule has 0 aromatic heterocycles. The van der Waals surface area contributed by atoms with Gasteiger partial charge in [-0.3, -0.25) is 14.9 Å². The van der Waals surface area contributed by atoms with Crippen LogP contribution in [-0.4, -0.2) is 24.9 Å². The maximum Gasteiger partial charge on any atom is 0.233 e. The van der Waals surface area contributed by atoms with Crippen molar-refractivity contribution in [3.05, 3.63) is 0 Å². The third kappa shape index (κ3) is 7.38. The van der Waals surface area contributed by atoms with Crippen LogP contribution in [0.15, 0.2) is 0 Å². The van der Waals surface area contributed by atoms with E-state index in [4.69, 9.17) is 0 Å². The number of nitrogens with one attached hydrogen (secondary N) is 2. The fourth-order valence-electron chi connectivity index (χ4n) is 5.52. The largest absolute Gasteiger partial charge is 0.317 e. The molecule has 0 saturated carbocycles. The first kappa shape index (κ1) is 24.4. The number of carbonyl (C=O) groups is 2. The maximum absolute atomic E-state index is 12.8. The van der Waals surface area contributed by atoms with Gasteiger partial charge in [0.1, 0.15) is 0 Å². The maximum atomic E-state index is 12.8. The zero-order valence-electron chi connectivity index (χ0n) is 19.6. The number of unbranched alkanes of at least 4 members (excludes halogenated alkanes) is 7. The van der Waals surface area contributed by atoms with Gasteiger partial charge in [-0.2, -0.15) is 0 Å². The lowest BCUT2D eigenvalue weighted by Crippen LogP contribution is -2.47. The van der Waals surface area contributed by atoms with Crippen molar-refractivity contribution < 1.29 is 9.59 Å². The Kier molecular flexibility index (Phi) is 9.65. The van der Waals surface area contributed by atoms with Gasteiger partial charge in [0, 0.05) is 6.42 Å². The summed E-state index contributed by atoms with van der Waals surface area (Å²) in [5.41, 5.74) is 0.0231. The molecule has 29 heavy (non-hydrogen) atoms.